The van der Waals surface area contributed by atoms with E-state index >= 15 is 0 Å². The van der Waals surface area contributed by atoms with Crippen molar-refractivity contribution in [1.82, 2.24) is 0 Å². The molecule has 1 saturated carbocycles. The van der Waals surface area contributed by atoms with Crippen LogP contribution in [-0.4, -0.2) is 32.1 Å². The maximum absolute atomic E-state index is 12.9. The summed E-state index contributed by atoms with van der Waals surface area (Å²) in [4.78, 5) is 26.3. The minimum Gasteiger partial charge on any atom is -0.494 e. The molecule has 6 heteroatoms. The summed E-state index contributed by atoms with van der Waals surface area (Å²) in [7, 11) is 2.79. The Bertz CT molecular complexity index is 632. The molecule has 0 unspecified atom stereocenters. The first-order valence-electron chi connectivity index (χ1n) is 7.50. The van der Waals surface area contributed by atoms with Crippen molar-refractivity contribution in [3.05, 3.63) is 22.7 Å². The standard InChI is InChI=1S/C17H22ClNO4/c1-17(2,3)16(21)19(11-6-7-11)14-12(18)8-10(15(20)23-5)9-13(14)22-4/h8-9,11H,6-7H2,1-5H3. The fourth-order valence-corrected chi connectivity index (χ4v) is 2.64. The van der Waals surface area contributed by atoms with E-state index in [2.05, 4.69) is 0 Å². The number of carbonyl (C=O) groups excluding carboxylic acids is 2. The molecule has 0 aliphatic heterocycles. The number of benzene rings is 1. The summed E-state index contributed by atoms with van der Waals surface area (Å²) in [6.45, 7) is 5.61. The average Bonchev–Trinajstić information content (AvgIpc) is 3.31. The first-order valence-corrected chi connectivity index (χ1v) is 7.88. The van der Waals surface area contributed by atoms with E-state index in [1.54, 1.807) is 11.0 Å². The third kappa shape index (κ3) is 3.61. The fourth-order valence-electron chi connectivity index (χ4n) is 2.34. The number of methoxy groups -OCH3 is 2. The van der Waals surface area contributed by atoms with Gasteiger partial charge in [-0.3, -0.25) is 4.79 Å². The molecule has 1 aliphatic carbocycles. The molecule has 0 radical (unpaired) electrons. The Balaban J connectivity index is 2.55. The van der Waals surface area contributed by atoms with Crippen LogP contribution in [0.2, 0.25) is 5.02 Å². The summed E-state index contributed by atoms with van der Waals surface area (Å²) in [6.07, 6.45) is 1.86. The number of rotatable bonds is 4. The van der Waals surface area contributed by atoms with Gasteiger partial charge in [0.1, 0.15) is 11.4 Å². The number of hydrogen-bond donors (Lipinski definition) is 0. The average molecular weight is 340 g/mol. The second-order valence-electron chi connectivity index (χ2n) is 6.66. The van der Waals surface area contributed by atoms with Gasteiger partial charge in [-0.25, -0.2) is 4.79 Å². The van der Waals surface area contributed by atoms with E-state index < -0.39 is 11.4 Å². The van der Waals surface area contributed by atoms with E-state index in [-0.39, 0.29) is 17.5 Å². The van der Waals surface area contributed by atoms with Crippen LogP contribution in [0.3, 0.4) is 0 Å². The van der Waals surface area contributed by atoms with Crippen molar-refractivity contribution in [2.24, 2.45) is 5.41 Å². The van der Waals surface area contributed by atoms with E-state index in [1.165, 1.54) is 20.3 Å². The van der Waals surface area contributed by atoms with Crippen molar-refractivity contribution in [2.75, 3.05) is 19.1 Å². The lowest BCUT2D eigenvalue weighted by Gasteiger charge is -2.31. The fraction of sp³-hybridized carbons (Fsp3) is 0.529. The number of esters is 1. The van der Waals surface area contributed by atoms with Crippen LogP contribution in [-0.2, 0) is 9.53 Å². The molecule has 1 aromatic carbocycles. The highest BCUT2D eigenvalue weighted by Gasteiger charge is 2.40. The topological polar surface area (TPSA) is 55.8 Å². The molecule has 1 fully saturated rings. The Kier molecular flexibility index (Phi) is 4.90. The molecule has 23 heavy (non-hydrogen) atoms. The molecule has 5 nitrogen and oxygen atoms in total. The molecule has 1 aromatic rings. The molecule has 0 atom stereocenters. The minimum absolute atomic E-state index is 0.0222. The van der Waals surface area contributed by atoms with Gasteiger partial charge in [0, 0.05) is 11.5 Å². The van der Waals surface area contributed by atoms with Crippen LogP contribution >= 0.6 is 11.6 Å². The molecular formula is C17H22ClNO4. The summed E-state index contributed by atoms with van der Waals surface area (Å²) in [5, 5.41) is 0.300. The zero-order valence-electron chi connectivity index (χ0n) is 14.1. The van der Waals surface area contributed by atoms with Gasteiger partial charge in [0.25, 0.3) is 0 Å². The van der Waals surface area contributed by atoms with E-state index in [0.29, 0.717) is 16.5 Å². The highest BCUT2D eigenvalue weighted by atomic mass is 35.5. The maximum atomic E-state index is 12.9. The van der Waals surface area contributed by atoms with Crippen molar-refractivity contribution in [3.63, 3.8) is 0 Å². The Hall–Kier alpha value is -1.75. The molecule has 0 bridgehead atoms. The van der Waals surface area contributed by atoms with Crippen LogP contribution < -0.4 is 9.64 Å². The quantitative estimate of drug-likeness (QED) is 0.785. The van der Waals surface area contributed by atoms with Crippen LogP contribution in [0.1, 0.15) is 44.0 Å². The Morgan fingerprint density at radius 3 is 2.26 bits per heavy atom. The SMILES string of the molecule is COC(=O)c1cc(Cl)c(N(C(=O)C(C)(C)C)C2CC2)c(OC)c1. The van der Waals surface area contributed by atoms with Gasteiger partial charge in [-0.2, -0.15) is 0 Å². The third-order valence-corrected chi connectivity index (χ3v) is 3.97. The van der Waals surface area contributed by atoms with Crippen molar-refractivity contribution in [3.8, 4) is 5.75 Å². The minimum atomic E-state index is -0.544. The van der Waals surface area contributed by atoms with E-state index in [1.807, 2.05) is 20.8 Å². The summed E-state index contributed by atoms with van der Waals surface area (Å²) in [6, 6.07) is 3.19. The first kappa shape index (κ1) is 17.6. The number of anilines is 1. The van der Waals surface area contributed by atoms with Crippen LogP contribution in [0.15, 0.2) is 12.1 Å². The lowest BCUT2D eigenvalue weighted by Crippen LogP contribution is -2.41. The Morgan fingerprint density at radius 2 is 1.83 bits per heavy atom. The Labute approximate surface area is 141 Å². The molecular weight excluding hydrogens is 318 g/mol. The van der Waals surface area contributed by atoms with Crippen LogP contribution in [0, 0.1) is 5.41 Å². The van der Waals surface area contributed by atoms with Gasteiger partial charge in [-0.15, -0.1) is 0 Å². The number of halogens is 1. The zero-order valence-corrected chi connectivity index (χ0v) is 14.9. The monoisotopic (exact) mass is 339 g/mol. The number of ether oxygens (including phenoxy) is 2. The molecule has 126 valence electrons. The number of hydrogen-bond acceptors (Lipinski definition) is 4. The molecule has 1 aliphatic rings. The Morgan fingerprint density at radius 1 is 1.22 bits per heavy atom. The van der Waals surface area contributed by atoms with Gasteiger partial charge in [-0.1, -0.05) is 32.4 Å². The summed E-state index contributed by atoms with van der Waals surface area (Å²) >= 11 is 6.39. The van der Waals surface area contributed by atoms with Crippen molar-refractivity contribution in [2.45, 2.75) is 39.7 Å². The van der Waals surface area contributed by atoms with Crippen molar-refractivity contribution in [1.29, 1.82) is 0 Å². The van der Waals surface area contributed by atoms with Crippen LogP contribution in [0.5, 0.6) is 5.75 Å². The second-order valence-corrected chi connectivity index (χ2v) is 7.06. The van der Waals surface area contributed by atoms with Gasteiger partial charge in [0.15, 0.2) is 0 Å². The smallest absolute Gasteiger partial charge is 0.338 e. The summed E-state index contributed by atoms with van der Waals surface area (Å²) < 4.78 is 10.1. The van der Waals surface area contributed by atoms with E-state index in [0.717, 1.165) is 12.8 Å². The predicted octanol–water partition coefficient (Wildman–Crippen LogP) is 3.68. The number of carbonyl (C=O) groups is 2. The highest BCUT2D eigenvalue weighted by molar-refractivity contribution is 6.34. The van der Waals surface area contributed by atoms with Crippen molar-refractivity contribution < 1.29 is 19.1 Å². The van der Waals surface area contributed by atoms with Gasteiger partial charge < -0.3 is 14.4 Å². The normalized spacial score (nSPS) is 14.3. The molecule has 0 aromatic heterocycles. The highest BCUT2D eigenvalue weighted by Crippen LogP contribution is 2.44. The molecule has 1 amide bonds. The van der Waals surface area contributed by atoms with Crippen LogP contribution in [0.25, 0.3) is 0 Å². The van der Waals surface area contributed by atoms with Gasteiger partial charge in [0.05, 0.1) is 24.8 Å². The number of nitrogens with zero attached hydrogens (tertiary/aromatic N) is 1. The third-order valence-electron chi connectivity index (χ3n) is 3.68. The summed E-state index contributed by atoms with van der Waals surface area (Å²) in [5.74, 6) is -0.134. The molecule has 2 rings (SSSR count). The first-order chi connectivity index (χ1) is 10.7. The van der Waals surface area contributed by atoms with Crippen molar-refractivity contribution >= 4 is 29.2 Å². The van der Waals surface area contributed by atoms with Gasteiger partial charge in [0.2, 0.25) is 5.91 Å². The second kappa shape index (κ2) is 6.40. The maximum Gasteiger partial charge on any atom is 0.338 e. The summed E-state index contributed by atoms with van der Waals surface area (Å²) in [5.41, 5.74) is 0.263. The number of amides is 1. The van der Waals surface area contributed by atoms with Gasteiger partial charge >= 0.3 is 5.97 Å². The zero-order chi connectivity index (χ0) is 17.4. The van der Waals surface area contributed by atoms with Crippen LogP contribution in [0.4, 0.5) is 5.69 Å². The van der Waals surface area contributed by atoms with E-state index in [9.17, 15) is 9.59 Å². The molecule has 0 saturated heterocycles. The van der Waals surface area contributed by atoms with E-state index in [4.69, 9.17) is 21.1 Å². The lowest BCUT2D eigenvalue weighted by atomic mass is 9.94. The predicted molar refractivity (Wildman–Crippen MR) is 89.3 cm³/mol. The molecule has 0 heterocycles. The van der Waals surface area contributed by atoms with Gasteiger partial charge in [-0.05, 0) is 25.0 Å². The molecule has 0 N–H and O–H groups in total. The molecule has 0 spiro atoms. The lowest BCUT2D eigenvalue weighted by molar-refractivity contribution is -0.125. The largest absolute Gasteiger partial charge is 0.494 e.